The van der Waals surface area contributed by atoms with Crippen molar-refractivity contribution in [2.75, 3.05) is 13.1 Å². The molecule has 1 saturated carbocycles. The molecule has 0 spiro atoms. The van der Waals surface area contributed by atoms with Crippen molar-refractivity contribution in [1.29, 1.82) is 0 Å². The Morgan fingerprint density at radius 2 is 1.81 bits per heavy atom. The average Bonchev–Trinajstić information content (AvgIpc) is 2.82. The molecule has 2 fully saturated rings. The van der Waals surface area contributed by atoms with Gasteiger partial charge in [0.05, 0.1) is 23.7 Å². The second-order valence-electron chi connectivity index (χ2n) is 10.3. The summed E-state index contributed by atoms with van der Waals surface area (Å²) in [7, 11) is 0. The quantitative estimate of drug-likeness (QED) is 0.414. The first-order valence-corrected chi connectivity index (χ1v) is 13.2. The Balaban J connectivity index is 1.45. The highest BCUT2D eigenvalue weighted by Gasteiger charge is 2.49. The minimum atomic E-state index is -3.10. The number of amides is 1. The van der Waals surface area contributed by atoms with Crippen LogP contribution in [-0.2, 0) is 16.0 Å². The summed E-state index contributed by atoms with van der Waals surface area (Å²) < 4.78 is 63.6. The highest BCUT2D eigenvalue weighted by atomic mass is 35.5. The van der Waals surface area contributed by atoms with E-state index in [0.29, 0.717) is 30.0 Å². The molecule has 9 heteroatoms. The van der Waals surface area contributed by atoms with Crippen LogP contribution in [-0.4, -0.2) is 54.1 Å². The lowest BCUT2D eigenvalue weighted by atomic mass is 9.88. The molecule has 1 saturated heterocycles. The Hall–Kier alpha value is -2.16. The van der Waals surface area contributed by atoms with Crippen molar-refractivity contribution in [3.8, 4) is 11.1 Å². The van der Waals surface area contributed by atoms with Crippen LogP contribution in [0.1, 0.15) is 51.5 Å². The second kappa shape index (κ2) is 11.7. The summed E-state index contributed by atoms with van der Waals surface area (Å²) >= 11 is 6.48. The van der Waals surface area contributed by atoms with Gasteiger partial charge in [0.2, 0.25) is 5.91 Å². The summed E-state index contributed by atoms with van der Waals surface area (Å²) in [5.74, 6) is -5.22. The monoisotopic (exact) mass is 540 g/mol. The molecule has 37 heavy (non-hydrogen) atoms. The van der Waals surface area contributed by atoms with Crippen LogP contribution in [0.3, 0.4) is 0 Å². The first kappa shape index (κ1) is 27.9. The lowest BCUT2D eigenvalue weighted by Gasteiger charge is -2.42. The third-order valence-corrected chi connectivity index (χ3v) is 7.77. The standard InChI is InChI=1S/C28H33ClF4N2O2/c1-17(2)35-11-8-22(9-12-35)37-24-7-4-10-28(32,33)27(24)34-25(36)15-18-5-3-6-23(26(18)29)19-13-20(30)16-21(31)14-19/h3,5-6,13-14,16-17,22,24,27H,4,7-12,15H2,1-2H3,(H,34,36)/t24-,27+/m0/s1. The predicted octanol–water partition coefficient (Wildman–Crippen LogP) is 6.39. The van der Waals surface area contributed by atoms with E-state index < -0.39 is 35.6 Å². The van der Waals surface area contributed by atoms with E-state index >= 15 is 0 Å². The Kier molecular flexibility index (Phi) is 8.81. The zero-order valence-corrected chi connectivity index (χ0v) is 21.8. The molecule has 0 bridgehead atoms. The van der Waals surface area contributed by atoms with E-state index in [0.717, 1.165) is 44.1 Å². The van der Waals surface area contributed by atoms with Gasteiger partial charge in [0, 0.05) is 37.2 Å². The summed E-state index contributed by atoms with van der Waals surface area (Å²) in [4.78, 5) is 15.3. The fraction of sp³-hybridized carbons (Fsp3) is 0.536. The highest BCUT2D eigenvalue weighted by molar-refractivity contribution is 6.34. The summed E-state index contributed by atoms with van der Waals surface area (Å²) in [5.41, 5.74) is 0.946. The maximum atomic E-state index is 15.0. The molecule has 0 radical (unpaired) electrons. The summed E-state index contributed by atoms with van der Waals surface area (Å²) in [6.07, 6.45) is 0.848. The number of piperidine rings is 1. The molecule has 4 nitrogen and oxygen atoms in total. The van der Waals surface area contributed by atoms with Gasteiger partial charge in [-0.05, 0) is 62.8 Å². The maximum absolute atomic E-state index is 15.0. The fourth-order valence-corrected chi connectivity index (χ4v) is 5.60. The lowest BCUT2D eigenvalue weighted by molar-refractivity contribution is -0.157. The van der Waals surface area contributed by atoms with Gasteiger partial charge in [-0.15, -0.1) is 0 Å². The fourth-order valence-electron chi connectivity index (χ4n) is 5.30. The first-order valence-electron chi connectivity index (χ1n) is 12.8. The van der Waals surface area contributed by atoms with E-state index in [2.05, 4.69) is 24.1 Å². The van der Waals surface area contributed by atoms with Crippen molar-refractivity contribution in [2.24, 2.45) is 0 Å². The molecule has 1 N–H and O–H groups in total. The molecule has 1 aliphatic carbocycles. The number of nitrogens with one attached hydrogen (secondary N) is 1. The number of ether oxygens (including phenoxy) is 1. The lowest BCUT2D eigenvalue weighted by Crippen LogP contribution is -2.58. The molecule has 2 aromatic rings. The third kappa shape index (κ3) is 6.84. The number of carbonyl (C=O) groups excluding carboxylic acids is 1. The molecular weight excluding hydrogens is 508 g/mol. The molecule has 1 amide bonds. The number of alkyl halides is 2. The minimum Gasteiger partial charge on any atom is -0.373 e. The molecule has 0 aromatic heterocycles. The Labute approximate surface area is 220 Å². The van der Waals surface area contributed by atoms with Gasteiger partial charge in [0.15, 0.2) is 0 Å². The normalized spacial score (nSPS) is 22.8. The smallest absolute Gasteiger partial charge is 0.270 e. The van der Waals surface area contributed by atoms with Crippen LogP contribution < -0.4 is 5.32 Å². The number of nitrogens with zero attached hydrogens (tertiary/aromatic N) is 1. The topological polar surface area (TPSA) is 41.6 Å². The number of likely N-dealkylation sites (tertiary alicyclic amines) is 1. The summed E-state index contributed by atoms with van der Waals surface area (Å²) in [6.45, 7) is 5.97. The molecule has 4 rings (SSSR count). The third-order valence-electron chi connectivity index (χ3n) is 7.32. The second-order valence-corrected chi connectivity index (χ2v) is 10.7. The Morgan fingerprint density at radius 1 is 1.14 bits per heavy atom. The van der Waals surface area contributed by atoms with Crippen LogP contribution in [0, 0.1) is 11.6 Å². The van der Waals surface area contributed by atoms with Gasteiger partial charge < -0.3 is 15.0 Å². The zero-order chi connectivity index (χ0) is 26.7. The number of rotatable bonds is 7. The Morgan fingerprint density at radius 3 is 2.46 bits per heavy atom. The number of hydrogen-bond acceptors (Lipinski definition) is 3. The minimum absolute atomic E-state index is 0.119. The van der Waals surface area contributed by atoms with Crippen LogP contribution in [0.15, 0.2) is 36.4 Å². The van der Waals surface area contributed by atoms with Gasteiger partial charge in [-0.3, -0.25) is 4.79 Å². The van der Waals surface area contributed by atoms with Gasteiger partial charge in [-0.25, -0.2) is 17.6 Å². The first-order chi connectivity index (χ1) is 17.5. The largest absolute Gasteiger partial charge is 0.373 e. The summed E-state index contributed by atoms with van der Waals surface area (Å²) in [5, 5.41) is 2.67. The molecular formula is C28H33ClF4N2O2. The molecule has 2 aromatic carbocycles. The van der Waals surface area contributed by atoms with E-state index in [1.54, 1.807) is 18.2 Å². The molecule has 202 valence electrons. The highest BCUT2D eigenvalue weighted by Crippen LogP contribution is 2.37. The van der Waals surface area contributed by atoms with E-state index in [1.165, 1.54) is 0 Å². The number of halogens is 5. The van der Waals surface area contributed by atoms with Crippen LogP contribution in [0.25, 0.3) is 11.1 Å². The van der Waals surface area contributed by atoms with Crippen molar-refractivity contribution >= 4 is 17.5 Å². The van der Waals surface area contributed by atoms with E-state index in [9.17, 15) is 22.4 Å². The van der Waals surface area contributed by atoms with Gasteiger partial charge in [-0.1, -0.05) is 29.8 Å². The van der Waals surface area contributed by atoms with Crippen molar-refractivity contribution in [2.45, 2.75) is 82.6 Å². The zero-order valence-electron chi connectivity index (χ0n) is 21.1. The maximum Gasteiger partial charge on any atom is 0.270 e. The van der Waals surface area contributed by atoms with Crippen molar-refractivity contribution in [3.05, 3.63) is 58.6 Å². The Bertz CT molecular complexity index is 1090. The van der Waals surface area contributed by atoms with E-state index in [4.69, 9.17) is 16.3 Å². The van der Waals surface area contributed by atoms with E-state index in [-0.39, 0.29) is 29.5 Å². The van der Waals surface area contributed by atoms with Crippen LogP contribution >= 0.6 is 11.6 Å². The number of carbonyl (C=O) groups is 1. The van der Waals surface area contributed by atoms with Gasteiger partial charge in [-0.2, -0.15) is 0 Å². The van der Waals surface area contributed by atoms with Crippen molar-refractivity contribution < 1.29 is 27.1 Å². The van der Waals surface area contributed by atoms with Gasteiger partial charge >= 0.3 is 0 Å². The average molecular weight is 541 g/mol. The molecule has 0 unspecified atom stereocenters. The van der Waals surface area contributed by atoms with Crippen LogP contribution in [0.2, 0.25) is 5.02 Å². The number of benzene rings is 2. The predicted molar refractivity (Wildman–Crippen MR) is 136 cm³/mol. The molecule has 2 atom stereocenters. The van der Waals surface area contributed by atoms with Gasteiger partial charge in [0.1, 0.15) is 17.7 Å². The molecule has 1 aliphatic heterocycles. The SMILES string of the molecule is CC(C)N1CCC(O[C@H]2CCCC(F)(F)[C@@H]2NC(=O)Cc2cccc(-c3cc(F)cc(F)c3)c2Cl)CC1. The van der Waals surface area contributed by atoms with Crippen LogP contribution in [0.4, 0.5) is 17.6 Å². The van der Waals surface area contributed by atoms with Crippen LogP contribution in [0.5, 0.6) is 0 Å². The summed E-state index contributed by atoms with van der Waals surface area (Å²) in [6, 6.07) is 6.82. The molecule has 2 aliphatic rings. The van der Waals surface area contributed by atoms with Crippen molar-refractivity contribution in [3.63, 3.8) is 0 Å². The molecule has 1 heterocycles. The van der Waals surface area contributed by atoms with Gasteiger partial charge in [0.25, 0.3) is 5.92 Å². The van der Waals surface area contributed by atoms with Crippen molar-refractivity contribution in [1.82, 2.24) is 10.2 Å². The van der Waals surface area contributed by atoms with E-state index in [1.807, 2.05) is 0 Å². The number of hydrogen-bond donors (Lipinski definition) is 1.